The van der Waals surface area contributed by atoms with E-state index in [2.05, 4.69) is 68.2 Å². The van der Waals surface area contributed by atoms with Gasteiger partial charge in [0.25, 0.3) is 11.8 Å². The second kappa shape index (κ2) is 12.4. The van der Waals surface area contributed by atoms with Crippen LogP contribution in [0.2, 0.25) is 0 Å². The van der Waals surface area contributed by atoms with E-state index in [1.807, 2.05) is 6.08 Å². The Morgan fingerprint density at radius 2 is 1.97 bits per heavy atom. The molecule has 3 N–H and O–H groups in total. The van der Waals surface area contributed by atoms with Crippen LogP contribution in [0.5, 0.6) is 5.88 Å². The predicted molar refractivity (Wildman–Crippen MR) is 154 cm³/mol. The van der Waals surface area contributed by atoms with Crippen LogP contribution in [0.25, 0.3) is 10.9 Å². The first-order valence-corrected chi connectivity index (χ1v) is 13.3. The molecule has 2 heterocycles. The van der Waals surface area contributed by atoms with E-state index in [4.69, 9.17) is 9.84 Å². The Labute approximate surface area is 234 Å². The Balaban J connectivity index is 1.46. The maximum absolute atomic E-state index is 13.1. The first-order chi connectivity index (χ1) is 18.2. The third kappa shape index (κ3) is 6.67. The Morgan fingerprint density at radius 3 is 2.66 bits per heavy atom. The fraction of sp³-hybridized carbons (Fsp3) is 0.286. The van der Waals surface area contributed by atoms with Crippen molar-refractivity contribution in [2.45, 2.75) is 19.8 Å². The molecule has 1 aromatic heterocycles. The van der Waals surface area contributed by atoms with E-state index in [0.717, 1.165) is 19.5 Å². The summed E-state index contributed by atoms with van der Waals surface area (Å²) in [6.07, 6.45) is 3.54. The largest absolute Gasteiger partial charge is 0.481 e. The van der Waals surface area contributed by atoms with Crippen molar-refractivity contribution in [2.75, 3.05) is 38.6 Å². The van der Waals surface area contributed by atoms with Crippen LogP contribution in [0, 0.1) is 10.5 Å². The number of benzene rings is 2. The highest BCUT2D eigenvalue weighted by atomic mass is 127. The second-order valence-corrected chi connectivity index (χ2v) is 10.2. The van der Waals surface area contributed by atoms with Gasteiger partial charge >= 0.3 is 5.97 Å². The molecule has 10 heteroatoms. The minimum Gasteiger partial charge on any atom is -0.481 e. The summed E-state index contributed by atoms with van der Waals surface area (Å²) in [6.45, 7) is 4.00. The van der Waals surface area contributed by atoms with Crippen LogP contribution in [0.15, 0.2) is 54.1 Å². The van der Waals surface area contributed by atoms with Crippen LogP contribution in [0.1, 0.15) is 27.9 Å². The number of carboxylic acids is 1. The van der Waals surface area contributed by atoms with Gasteiger partial charge in [-0.2, -0.15) is 0 Å². The molecule has 0 radical (unpaired) electrons. The van der Waals surface area contributed by atoms with Crippen molar-refractivity contribution < 1.29 is 24.2 Å². The minimum atomic E-state index is -1.15. The summed E-state index contributed by atoms with van der Waals surface area (Å²) in [5.74, 6) is -1.76. The molecule has 0 atom stereocenters. The average Bonchev–Trinajstić information content (AvgIpc) is 2.92. The topological polar surface area (TPSA) is 121 Å². The zero-order valence-corrected chi connectivity index (χ0v) is 23.4. The third-order valence-electron chi connectivity index (χ3n) is 6.46. The number of aryl methyl sites for hydroxylation is 1. The Hall–Kier alpha value is -3.51. The summed E-state index contributed by atoms with van der Waals surface area (Å²) in [7, 11) is 1.42. The Morgan fingerprint density at radius 1 is 1.16 bits per heavy atom. The molecule has 1 aliphatic rings. The minimum absolute atomic E-state index is 0.176. The number of aromatic nitrogens is 1. The molecule has 0 saturated heterocycles. The fourth-order valence-corrected chi connectivity index (χ4v) is 4.85. The van der Waals surface area contributed by atoms with Crippen molar-refractivity contribution in [1.82, 2.24) is 15.2 Å². The number of carbonyl (C=O) groups excluding carboxylic acids is 2. The summed E-state index contributed by atoms with van der Waals surface area (Å²) in [6, 6.07) is 13.1. The molecule has 9 nitrogen and oxygen atoms in total. The van der Waals surface area contributed by atoms with Crippen LogP contribution in [-0.2, 0) is 16.0 Å². The molecule has 0 bridgehead atoms. The molecule has 0 unspecified atom stereocenters. The van der Waals surface area contributed by atoms with E-state index in [1.165, 1.54) is 27.9 Å². The van der Waals surface area contributed by atoms with E-state index >= 15 is 0 Å². The van der Waals surface area contributed by atoms with E-state index < -0.39 is 18.4 Å². The number of fused-ring (bicyclic) bond motifs is 1. The zero-order chi connectivity index (χ0) is 27.2. The normalized spacial score (nSPS) is 13.6. The molecule has 0 saturated carbocycles. The Bertz CT molecular complexity index is 1420. The maximum atomic E-state index is 13.1. The van der Waals surface area contributed by atoms with Crippen LogP contribution in [-0.4, -0.2) is 66.1 Å². The SMILES string of the molecule is COc1cc(C(=O)NCC(=O)O)c2cccc(NC(=O)C3=CCN(CCc4ccc(C)c(I)c4)CC3)c2n1. The van der Waals surface area contributed by atoms with Gasteiger partial charge in [0.05, 0.1) is 23.9 Å². The zero-order valence-electron chi connectivity index (χ0n) is 21.2. The molecule has 0 fully saturated rings. The van der Waals surface area contributed by atoms with E-state index in [9.17, 15) is 14.4 Å². The predicted octanol–water partition coefficient (Wildman–Crippen LogP) is 3.78. The molecule has 0 spiro atoms. The molecule has 3 aromatic rings. The number of hydrogen-bond donors (Lipinski definition) is 3. The number of amides is 2. The summed E-state index contributed by atoms with van der Waals surface area (Å²) >= 11 is 2.36. The van der Waals surface area contributed by atoms with Crippen molar-refractivity contribution in [2.24, 2.45) is 0 Å². The molecule has 2 aromatic carbocycles. The number of para-hydroxylation sites is 1. The monoisotopic (exact) mass is 628 g/mol. The molecule has 4 rings (SSSR count). The van der Waals surface area contributed by atoms with Crippen molar-refractivity contribution in [3.63, 3.8) is 0 Å². The van der Waals surface area contributed by atoms with Gasteiger partial charge in [0.2, 0.25) is 5.88 Å². The fourth-order valence-electron chi connectivity index (χ4n) is 4.27. The smallest absolute Gasteiger partial charge is 0.322 e. The number of nitrogens with zero attached hydrogens (tertiary/aromatic N) is 2. The number of halogens is 1. The van der Waals surface area contributed by atoms with Crippen molar-refractivity contribution in [3.8, 4) is 5.88 Å². The summed E-state index contributed by atoms with van der Waals surface area (Å²) in [4.78, 5) is 43.4. The highest BCUT2D eigenvalue weighted by Gasteiger charge is 2.20. The van der Waals surface area contributed by atoms with Crippen molar-refractivity contribution >= 4 is 57.0 Å². The molecular formula is C28H29IN4O5. The van der Waals surface area contributed by atoms with Gasteiger partial charge in [0.15, 0.2) is 0 Å². The van der Waals surface area contributed by atoms with Crippen LogP contribution >= 0.6 is 22.6 Å². The Kier molecular flexibility index (Phi) is 8.95. The number of pyridine rings is 1. The first-order valence-electron chi connectivity index (χ1n) is 12.2. The van der Waals surface area contributed by atoms with Crippen molar-refractivity contribution in [1.29, 1.82) is 0 Å². The summed E-state index contributed by atoms with van der Waals surface area (Å²) in [5, 5.41) is 14.7. The number of methoxy groups -OCH3 is 1. The van der Waals surface area contributed by atoms with Gasteiger partial charge in [-0.1, -0.05) is 30.3 Å². The summed E-state index contributed by atoms with van der Waals surface area (Å²) in [5.41, 5.74) is 4.32. The molecular weight excluding hydrogens is 599 g/mol. The lowest BCUT2D eigenvalue weighted by Gasteiger charge is -2.26. The van der Waals surface area contributed by atoms with Crippen LogP contribution < -0.4 is 15.4 Å². The number of anilines is 1. The number of nitrogens with one attached hydrogen (secondary N) is 2. The number of carbonyl (C=O) groups is 3. The maximum Gasteiger partial charge on any atom is 0.322 e. The highest BCUT2D eigenvalue weighted by molar-refractivity contribution is 14.1. The van der Waals surface area contributed by atoms with Crippen LogP contribution in [0.4, 0.5) is 5.69 Å². The highest BCUT2D eigenvalue weighted by Crippen LogP contribution is 2.28. The van der Waals surface area contributed by atoms with Gasteiger partial charge in [-0.05, 0) is 65.6 Å². The lowest BCUT2D eigenvalue weighted by molar-refractivity contribution is -0.135. The molecule has 1 aliphatic heterocycles. The van der Waals surface area contributed by atoms with E-state index in [-0.39, 0.29) is 17.4 Å². The van der Waals surface area contributed by atoms with Gasteiger partial charge in [0.1, 0.15) is 6.54 Å². The molecule has 2 amide bonds. The van der Waals surface area contributed by atoms with Gasteiger partial charge in [-0.15, -0.1) is 0 Å². The van der Waals surface area contributed by atoms with Gasteiger partial charge in [-0.25, -0.2) is 4.98 Å². The quantitative estimate of drug-likeness (QED) is 0.309. The number of aliphatic carboxylic acids is 1. The first kappa shape index (κ1) is 27.5. The summed E-state index contributed by atoms with van der Waals surface area (Å²) < 4.78 is 6.53. The standard InChI is InChI=1S/C28H29IN4O5/c1-17-6-7-18(14-22(17)29)8-11-33-12-9-19(10-13-33)27(36)31-23-5-3-4-20-21(28(37)30-16-25(34)35)15-24(38-2)32-26(20)23/h3-7,9,14-15H,8,10-13,16H2,1-2H3,(H,30,37)(H,31,36)(H,34,35). The molecule has 198 valence electrons. The number of rotatable bonds is 9. The number of carboxylic acid groups (broad SMARTS) is 1. The second-order valence-electron chi connectivity index (χ2n) is 9.06. The van der Waals surface area contributed by atoms with E-state index in [1.54, 1.807) is 18.2 Å². The van der Waals surface area contributed by atoms with Gasteiger partial charge in [0, 0.05) is 40.2 Å². The number of ether oxygens (including phenoxy) is 1. The average molecular weight is 628 g/mol. The molecule has 0 aliphatic carbocycles. The van der Waals surface area contributed by atoms with E-state index in [0.29, 0.717) is 35.1 Å². The van der Waals surface area contributed by atoms with Gasteiger partial charge in [-0.3, -0.25) is 19.3 Å². The number of hydrogen-bond acceptors (Lipinski definition) is 6. The lowest BCUT2D eigenvalue weighted by Crippen LogP contribution is -2.33. The van der Waals surface area contributed by atoms with Crippen molar-refractivity contribution in [3.05, 3.63) is 74.4 Å². The third-order valence-corrected chi connectivity index (χ3v) is 7.62. The van der Waals surface area contributed by atoms with Crippen LogP contribution in [0.3, 0.4) is 0 Å². The lowest BCUT2D eigenvalue weighted by atomic mass is 10.0. The molecule has 38 heavy (non-hydrogen) atoms. The van der Waals surface area contributed by atoms with Gasteiger partial charge < -0.3 is 20.5 Å².